The average Bonchev–Trinajstić information content (AvgIpc) is 2.34. The molecule has 8 nitrogen and oxygen atoms in total. The summed E-state index contributed by atoms with van der Waals surface area (Å²) in [4.78, 5) is 21.5. The van der Waals surface area contributed by atoms with Gasteiger partial charge in [0, 0.05) is 18.7 Å². The van der Waals surface area contributed by atoms with Gasteiger partial charge in [0.15, 0.2) is 5.75 Å². The summed E-state index contributed by atoms with van der Waals surface area (Å²) in [5.41, 5.74) is 5.23. The summed E-state index contributed by atoms with van der Waals surface area (Å²) in [5, 5.41) is 22.6. The molecule has 1 atom stereocenters. The number of nitro groups is 1. The minimum atomic E-state index is -0.702. The fourth-order valence-corrected chi connectivity index (χ4v) is 1.54. The van der Waals surface area contributed by atoms with Gasteiger partial charge in [0.05, 0.1) is 4.92 Å². The number of amides is 1. The van der Waals surface area contributed by atoms with E-state index in [4.69, 9.17) is 10.5 Å². The summed E-state index contributed by atoms with van der Waals surface area (Å²) in [6.07, 6.45) is -0.619. The summed E-state index contributed by atoms with van der Waals surface area (Å²) >= 11 is 0. The minimum absolute atomic E-state index is 0.0524. The van der Waals surface area contributed by atoms with E-state index in [0.717, 1.165) is 0 Å². The van der Waals surface area contributed by atoms with Gasteiger partial charge in [0.1, 0.15) is 5.60 Å². The Kier molecular flexibility index (Phi) is 5.09. The SMILES string of the molecule is CC(C)(C)OC(=O)NCC(N)c1ccc(O)c([N+](=O)[O-])c1. The maximum absolute atomic E-state index is 11.5. The van der Waals surface area contributed by atoms with Crippen molar-refractivity contribution in [1.29, 1.82) is 0 Å². The van der Waals surface area contributed by atoms with Crippen LogP contribution in [0.5, 0.6) is 5.75 Å². The lowest BCUT2D eigenvalue weighted by Gasteiger charge is -2.20. The van der Waals surface area contributed by atoms with Crippen molar-refractivity contribution >= 4 is 11.8 Å². The molecule has 0 saturated carbocycles. The van der Waals surface area contributed by atoms with Crippen LogP contribution in [0.2, 0.25) is 0 Å². The van der Waals surface area contributed by atoms with Crippen molar-refractivity contribution in [1.82, 2.24) is 5.32 Å². The number of aromatic hydroxyl groups is 1. The molecule has 21 heavy (non-hydrogen) atoms. The predicted molar refractivity (Wildman–Crippen MR) is 75.9 cm³/mol. The number of hydrogen-bond donors (Lipinski definition) is 3. The molecule has 1 unspecified atom stereocenters. The number of carbonyl (C=O) groups excluding carboxylic acids is 1. The number of carbonyl (C=O) groups is 1. The third kappa shape index (κ3) is 5.27. The number of phenols is 1. The van der Waals surface area contributed by atoms with E-state index < -0.39 is 34.1 Å². The van der Waals surface area contributed by atoms with E-state index >= 15 is 0 Å². The van der Waals surface area contributed by atoms with Crippen molar-refractivity contribution in [3.05, 3.63) is 33.9 Å². The lowest BCUT2D eigenvalue weighted by Crippen LogP contribution is -2.36. The average molecular weight is 297 g/mol. The Labute approximate surface area is 122 Å². The summed E-state index contributed by atoms with van der Waals surface area (Å²) < 4.78 is 5.05. The first-order chi connectivity index (χ1) is 9.60. The number of rotatable bonds is 4. The predicted octanol–water partition coefficient (Wildman–Crippen LogP) is 1.82. The van der Waals surface area contributed by atoms with Gasteiger partial charge in [-0.05, 0) is 32.4 Å². The van der Waals surface area contributed by atoms with Crippen LogP contribution >= 0.6 is 0 Å². The first-order valence-corrected chi connectivity index (χ1v) is 6.30. The zero-order chi connectivity index (χ0) is 16.2. The van der Waals surface area contributed by atoms with E-state index in [1.807, 2.05) is 0 Å². The van der Waals surface area contributed by atoms with Gasteiger partial charge < -0.3 is 20.9 Å². The third-order valence-corrected chi connectivity index (χ3v) is 2.49. The molecule has 0 aliphatic rings. The minimum Gasteiger partial charge on any atom is -0.502 e. The fraction of sp³-hybridized carbons (Fsp3) is 0.462. The maximum atomic E-state index is 11.5. The molecule has 1 rings (SSSR count). The molecule has 0 saturated heterocycles. The Morgan fingerprint density at radius 3 is 2.67 bits per heavy atom. The van der Waals surface area contributed by atoms with Gasteiger partial charge in [-0.1, -0.05) is 6.07 Å². The van der Waals surface area contributed by atoms with Gasteiger partial charge in [0.25, 0.3) is 0 Å². The van der Waals surface area contributed by atoms with Crippen LogP contribution in [0.25, 0.3) is 0 Å². The van der Waals surface area contributed by atoms with Crippen LogP contribution in [-0.4, -0.2) is 28.3 Å². The Bertz CT molecular complexity index is 539. The van der Waals surface area contributed by atoms with Crippen molar-refractivity contribution in [2.75, 3.05) is 6.54 Å². The van der Waals surface area contributed by atoms with Crippen LogP contribution in [-0.2, 0) is 4.74 Å². The second-order valence-corrected chi connectivity index (χ2v) is 5.49. The largest absolute Gasteiger partial charge is 0.502 e. The number of phenolic OH excluding ortho intramolecular Hbond substituents is 1. The first kappa shape index (κ1) is 16.7. The molecule has 1 aromatic carbocycles. The topological polar surface area (TPSA) is 128 Å². The molecule has 1 amide bonds. The fourth-order valence-electron chi connectivity index (χ4n) is 1.54. The van der Waals surface area contributed by atoms with Crippen LogP contribution < -0.4 is 11.1 Å². The Morgan fingerprint density at radius 1 is 1.52 bits per heavy atom. The molecule has 1 aromatic rings. The van der Waals surface area contributed by atoms with E-state index in [9.17, 15) is 20.0 Å². The molecule has 0 aliphatic carbocycles. The molecule has 0 bridgehead atoms. The first-order valence-electron chi connectivity index (χ1n) is 6.30. The zero-order valence-electron chi connectivity index (χ0n) is 12.1. The van der Waals surface area contributed by atoms with E-state index in [2.05, 4.69) is 5.32 Å². The van der Waals surface area contributed by atoms with E-state index in [1.54, 1.807) is 20.8 Å². The van der Waals surface area contributed by atoms with Crippen molar-refractivity contribution in [2.45, 2.75) is 32.4 Å². The standard InChI is InChI=1S/C13H19N3O5/c1-13(2,3)21-12(18)15-7-9(14)8-4-5-11(17)10(6-8)16(19)20/h4-6,9,17H,7,14H2,1-3H3,(H,15,18). The second-order valence-electron chi connectivity index (χ2n) is 5.49. The number of ether oxygens (including phenoxy) is 1. The number of nitrogens with zero attached hydrogens (tertiary/aromatic N) is 1. The van der Waals surface area contributed by atoms with E-state index in [1.165, 1.54) is 18.2 Å². The molecule has 0 spiro atoms. The Balaban J connectivity index is 2.68. The highest BCUT2D eigenvalue weighted by Crippen LogP contribution is 2.28. The highest BCUT2D eigenvalue weighted by Gasteiger charge is 2.19. The van der Waals surface area contributed by atoms with Crippen LogP contribution in [0.4, 0.5) is 10.5 Å². The van der Waals surface area contributed by atoms with E-state index in [0.29, 0.717) is 5.56 Å². The number of nitrogens with one attached hydrogen (secondary N) is 1. The Morgan fingerprint density at radius 2 is 2.14 bits per heavy atom. The molecule has 0 aliphatic heterocycles. The monoisotopic (exact) mass is 297 g/mol. The zero-order valence-corrected chi connectivity index (χ0v) is 12.1. The normalized spacial score (nSPS) is 12.6. The van der Waals surface area contributed by atoms with Crippen molar-refractivity contribution in [2.24, 2.45) is 5.73 Å². The molecule has 116 valence electrons. The lowest BCUT2D eigenvalue weighted by molar-refractivity contribution is -0.385. The summed E-state index contributed by atoms with van der Waals surface area (Å²) in [7, 11) is 0. The van der Waals surface area contributed by atoms with Crippen molar-refractivity contribution in [3.63, 3.8) is 0 Å². The number of nitrogens with two attached hydrogens (primary N) is 1. The second kappa shape index (κ2) is 6.40. The van der Waals surface area contributed by atoms with Crippen LogP contribution in [0.15, 0.2) is 18.2 Å². The van der Waals surface area contributed by atoms with Gasteiger partial charge in [-0.3, -0.25) is 10.1 Å². The van der Waals surface area contributed by atoms with Crippen LogP contribution in [0, 0.1) is 10.1 Å². The molecule has 4 N–H and O–H groups in total. The van der Waals surface area contributed by atoms with Gasteiger partial charge in [-0.15, -0.1) is 0 Å². The van der Waals surface area contributed by atoms with Gasteiger partial charge in [-0.25, -0.2) is 4.79 Å². The van der Waals surface area contributed by atoms with Crippen LogP contribution in [0.1, 0.15) is 32.4 Å². The van der Waals surface area contributed by atoms with Gasteiger partial charge >= 0.3 is 11.8 Å². The van der Waals surface area contributed by atoms with Gasteiger partial charge in [0.2, 0.25) is 0 Å². The quantitative estimate of drug-likeness (QED) is 0.574. The molecule has 0 radical (unpaired) electrons. The van der Waals surface area contributed by atoms with Crippen molar-refractivity contribution in [3.8, 4) is 5.75 Å². The van der Waals surface area contributed by atoms with E-state index in [-0.39, 0.29) is 6.54 Å². The van der Waals surface area contributed by atoms with Crippen molar-refractivity contribution < 1.29 is 19.6 Å². The molecule has 8 heteroatoms. The summed E-state index contributed by atoms with van der Waals surface area (Å²) in [6, 6.07) is 3.18. The van der Waals surface area contributed by atoms with Crippen LogP contribution in [0.3, 0.4) is 0 Å². The molecule has 0 heterocycles. The summed E-state index contributed by atoms with van der Waals surface area (Å²) in [6.45, 7) is 5.25. The third-order valence-electron chi connectivity index (χ3n) is 2.49. The number of nitro benzene ring substituents is 1. The number of hydrogen-bond acceptors (Lipinski definition) is 6. The maximum Gasteiger partial charge on any atom is 0.407 e. The smallest absolute Gasteiger partial charge is 0.407 e. The highest BCUT2D eigenvalue weighted by molar-refractivity contribution is 5.67. The van der Waals surface area contributed by atoms with Gasteiger partial charge in [-0.2, -0.15) is 0 Å². The lowest BCUT2D eigenvalue weighted by atomic mass is 10.1. The number of alkyl carbamates (subject to hydrolysis) is 1. The molecular formula is C13H19N3O5. The Hall–Kier alpha value is -2.35. The molecule has 0 fully saturated rings. The summed E-state index contributed by atoms with van der Waals surface area (Å²) in [5.74, 6) is -0.434. The highest BCUT2D eigenvalue weighted by atomic mass is 16.6. The molecular weight excluding hydrogens is 278 g/mol. The number of benzene rings is 1. The molecule has 0 aromatic heterocycles.